The van der Waals surface area contributed by atoms with Crippen molar-refractivity contribution >= 4 is 11.7 Å². The molecule has 0 aliphatic carbocycles. The second-order valence-corrected chi connectivity index (χ2v) is 7.73. The van der Waals surface area contributed by atoms with Gasteiger partial charge in [0.25, 0.3) is 0 Å². The lowest BCUT2D eigenvalue weighted by Crippen LogP contribution is -2.39. The molecule has 1 aliphatic rings. The third-order valence-corrected chi connectivity index (χ3v) is 5.47. The van der Waals surface area contributed by atoms with Crippen LogP contribution in [-0.4, -0.2) is 37.2 Å². The van der Waals surface area contributed by atoms with E-state index < -0.39 is 0 Å². The molecule has 31 heavy (non-hydrogen) atoms. The first-order chi connectivity index (χ1) is 15.1. The number of hydrogen-bond donors (Lipinski definition) is 2. The SMILES string of the molecule is COc1ccc(F)cc1-c1ccc(CN2CCC(NC(=O)Nc3ccccc3)C2)cc1. The molecule has 4 rings (SSSR count). The summed E-state index contributed by atoms with van der Waals surface area (Å²) >= 11 is 0. The van der Waals surface area contributed by atoms with Gasteiger partial charge in [0, 0.05) is 36.9 Å². The van der Waals surface area contributed by atoms with E-state index in [9.17, 15) is 9.18 Å². The van der Waals surface area contributed by atoms with Crippen molar-refractivity contribution in [2.45, 2.75) is 19.0 Å². The fourth-order valence-corrected chi connectivity index (χ4v) is 3.92. The van der Waals surface area contributed by atoms with E-state index >= 15 is 0 Å². The van der Waals surface area contributed by atoms with Crippen LogP contribution < -0.4 is 15.4 Å². The van der Waals surface area contributed by atoms with Gasteiger partial charge in [-0.25, -0.2) is 9.18 Å². The Labute approximate surface area is 181 Å². The Balaban J connectivity index is 1.31. The fraction of sp³-hybridized carbons (Fsp3) is 0.240. The molecule has 1 aliphatic heterocycles. The Kier molecular flexibility index (Phi) is 6.48. The Bertz CT molecular complexity index is 1020. The highest BCUT2D eigenvalue weighted by atomic mass is 19.1. The van der Waals surface area contributed by atoms with Gasteiger partial charge in [-0.05, 0) is 47.9 Å². The Morgan fingerprint density at radius 3 is 2.61 bits per heavy atom. The Morgan fingerprint density at radius 2 is 1.87 bits per heavy atom. The van der Waals surface area contributed by atoms with Gasteiger partial charge in [0.1, 0.15) is 11.6 Å². The summed E-state index contributed by atoms with van der Waals surface area (Å²) in [5, 5.41) is 5.91. The maximum absolute atomic E-state index is 13.7. The molecule has 1 saturated heterocycles. The highest BCUT2D eigenvalue weighted by molar-refractivity contribution is 5.89. The molecule has 2 amide bonds. The van der Waals surface area contributed by atoms with E-state index in [4.69, 9.17) is 4.74 Å². The number of ether oxygens (including phenoxy) is 1. The first-order valence-electron chi connectivity index (χ1n) is 10.4. The fourth-order valence-electron chi connectivity index (χ4n) is 3.92. The maximum Gasteiger partial charge on any atom is 0.319 e. The smallest absolute Gasteiger partial charge is 0.319 e. The lowest BCUT2D eigenvalue weighted by atomic mass is 10.0. The lowest BCUT2D eigenvalue weighted by molar-refractivity contribution is 0.247. The molecule has 0 saturated carbocycles. The van der Waals surface area contributed by atoms with E-state index in [-0.39, 0.29) is 17.9 Å². The minimum absolute atomic E-state index is 0.125. The van der Waals surface area contributed by atoms with Crippen molar-refractivity contribution in [1.82, 2.24) is 10.2 Å². The molecule has 0 aromatic heterocycles. The first-order valence-corrected chi connectivity index (χ1v) is 10.4. The zero-order valence-electron chi connectivity index (χ0n) is 17.5. The number of rotatable bonds is 6. The lowest BCUT2D eigenvalue weighted by Gasteiger charge is -2.17. The minimum atomic E-state index is -0.285. The number of methoxy groups -OCH3 is 1. The van der Waals surface area contributed by atoms with Gasteiger partial charge < -0.3 is 15.4 Å². The van der Waals surface area contributed by atoms with Crippen molar-refractivity contribution in [1.29, 1.82) is 0 Å². The standard InChI is InChI=1S/C25H26FN3O2/c1-31-24-12-11-20(26)15-23(24)19-9-7-18(8-10-19)16-29-14-13-22(17-29)28-25(30)27-21-5-3-2-4-6-21/h2-12,15,22H,13-14,16-17H2,1H3,(H2,27,28,30). The predicted octanol–water partition coefficient (Wildman–Crippen LogP) is 4.90. The van der Waals surface area contributed by atoms with Crippen molar-refractivity contribution in [2.75, 3.05) is 25.5 Å². The normalized spacial score (nSPS) is 16.1. The van der Waals surface area contributed by atoms with Gasteiger partial charge in [-0.1, -0.05) is 42.5 Å². The number of amides is 2. The molecule has 1 fully saturated rings. The van der Waals surface area contributed by atoms with Gasteiger partial charge in [0.15, 0.2) is 0 Å². The molecule has 0 spiro atoms. The molecule has 3 aromatic rings. The van der Waals surface area contributed by atoms with Gasteiger partial charge in [0.2, 0.25) is 0 Å². The Morgan fingerprint density at radius 1 is 1.10 bits per heavy atom. The number of urea groups is 1. The van der Waals surface area contributed by atoms with E-state index in [2.05, 4.69) is 27.7 Å². The summed E-state index contributed by atoms with van der Waals surface area (Å²) in [7, 11) is 1.59. The maximum atomic E-state index is 13.7. The van der Waals surface area contributed by atoms with Crippen molar-refractivity contribution in [2.24, 2.45) is 0 Å². The molecule has 2 N–H and O–H groups in total. The van der Waals surface area contributed by atoms with Crippen LogP contribution >= 0.6 is 0 Å². The van der Waals surface area contributed by atoms with Crippen LogP contribution in [0.1, 0.15) is 12.0 Å². The van der Waals surface area contributed by atoms with Crippen molar-refractivity contribution in [3.8, 4) is 16.9 Å². The third-order valence-electron chi connectivity index (χ3n) is 5.47. The molecule has 1 heterocycles. The molecular weight excluding hydrogens is 393 g/mol. The monoisotopic (exact) mass is 419 g/mol. The zero-order valence-corrected chi connectivity index (χ0v) is 17.5. The van der Waals surface area contributed by atoms with Gasteiger partial charge >= 0.3 is 6.03 Å². The number of hydrogen-bond acceptors (Lipinski definition) is 3. The van der Waals surface area contributed by atoms with Crippen molar-refractivity contribution < 1.29 is 13.9 Å². The van der Waals surface area contributed by atoms with Crippen molar-refractivity contribution in [3.05, 3.63) is 84.2 Å². The average Bonchev–Trinajstić information content (AvgIpc) is 3.21. The van der Waals surface area contributed by atoms with Crippen LogP contribution in [-0.2, 0) is 6.54 Å². The molecule has 0 bridgehead atoms. The highest BCUT2D eigenvalue weighted by Crippen LogP contribution is 2.31. The van der Waals surface area contributed by atoms with Crippen LogP contribution in [0.5, 0.6) is 5.75 Å². The first kappa shape index (κ1) is 20.9. The predicted molar refractivity (Wildman–Crippen MR) is 121 cm³/mol. The van der Waals surface area contributed by atoms with Crippen LogP contribution in [0.3, 0.4) is 0 Å². The molecule has 6 heteroatoms. The summed E-state index contributed by atoms with van der Waals surface area (Å²) in [4.78, 5) is 14.5. The number of nitrogens with zero attached hydrogens (tertiary/aromatic N) is 1. The number of halogens is 1. The number of likely N-dealkylation sites (tertiary alicyclic amines) is 1. The topological polar surface area (TPSA) is 53.6 Å². The summed E-state index contributed by atoms with van der Waals surface area (Å²) in [6.07, 6.45) is 0.917. The number of benzene rings is 3. The van der Waals surface area contributed by atoms with E-state index in [1.807, 2.05) is 42.5 Å². The minimum Gasteiger partial charge on any atom is -0.496 e. The molecule has 5 nitrogen and oxygen atoms in total. The van der Waals surface area contributed by atoms with Crippen LogP contribution in [0.4, 0.5) is 14.9 Å². The molecule has 1 unspecified atom stereocenters. The summed E-state index contributed by atoms with van der Waals surface area (Å²) < 4.78 is 19.0. The molecule has 0 radical (unpaired) electrons. The summed E-state index contributed by atoms with van der Waals surface area (Å²) in [5.41, 5.74) is 3.61. The highest BCUT2D eigenvalue weighted by Gasteiger charge is 2.24. The van der Waals surface area contributed by atoms with E-state index in [0.29, 0.717) is 5.75 Å². The van der Waals surface area contributed by atoms with Crippen LogP contribution in [0.2, 0.25) is 0 Å². The molecule has 3 aromatic carbocycles. The number of carbonyl (C=O) groups is 1. The van der Waals surface area contributed by atoms with Crippen molar-refractivity contribution in [3.63, 3.8) is 0 Å². The summed E-state index contributed by atoms with van der Waals surface area (Å²) in [6, 6.07) is 22.0. The third kappa shape index (κ3) is 5.41. The van der Waals surface area contributed by atoms with E-state index in [0.717, 1.165) is 42.9 Å². The van der Waals surface area contributed by atoms with Gasteiger partial charge in [-0.15, -0.1) is 0 Å². The average molecular weight is 420 g/mol. The molecular formula is C25H26FN3O2. The zero-order chi connectivity index (χ0) is 21.6. The quantitative estimate of drug-likeness (QED) is 0.598. The van der Waals surface area contributed by atoms with Crippen LogP contribution in [0.25, 0.3) is 11.1 Å². The number of carbonyl (C=O) groups excluding carboxylic acids is 1. The van der Waals surface area contributed by atoms with E-state index in [1.54, 1.807) is 13.2 Å². The van der Waals surface area contributed by atoms with Gasteiger partial charge in [0.05, 0.1) is 7.11 Å². The summed E-state index contributed by atoms with van der Waals surface area (Å²) in [5.74, 6) is 0.364. The molecule has 160 valence electrons. The van der Waals surface area contributed by atoms with Gasteiger partial charge in [-0.3, -0.25) is 4.90 Å². The number of nitrogens with one attached hydrogen (secondary N) is 2. The Hall–Kier alpha value is -3.38. The van der Waals surface area contributed by atoms with Gasteiger partial charge in [-0.2, -0.15) is 0 Å². The van der Waals surface area contributed by atoms with Crippen LogP contribution in [0, 0.1) is 5.82 Å². The van der Waals surface area contributed by atoms with E-state index in [1.165, 1.54) is 17.7 Å². The largest absolute Gasteiger partial charge is 0.496 e. The summed E-state index contributed by atoms with van der Waals surface area (Å²) in [6.45, 7) is 2.54. The van der Waals surface area contributed by atoms with Crippen LogP contribution in [0.15, 0.2) is 72.8 Å². The second kappa shape index (κ2) is 9.62. The molecule has 1 atom stereocenters. The second-order valence-electron chi connectivity index (χ2n) is 7.73. The number of para-hydroxylation sites is 1. The number of anilines is 1.